The Hall–Kier alpha value is -0.610. The Bertz CT molecular complexity index is 255. The zero-order valence-electron chi connectivity index (χ0n) is 10.7. The van der Waals surface area contributed by atoms with E-state index in [0.717, 1.165) is 32.4 Å². The van der Waals surface area contributed by atoms with Crippen molar-refractivity contribution in [1.29, 1.82) is 0 Å². The molecular formula is C13H25N3O. The Balaban J connectivity index is 1.54. The molecule has 1 heterocycles. The van der Waals surface area contributed by atoms with E-state index < -0.39 is 5.54 Å². The summed E-state index contributed by atoms with van der Waals surface area (Å²) in [5.41, 5.74) is 5.30. The highest BCUT2D eigenvalue weighted by Crippen LogP contribution is 2.31. The van der Waals surface area contributed by atoms with Gasteiger partial charge in [0.05, 0.1) is 5.54 Å². The van der Waals surface area contributed by atoms with Crippen molar-refractivity contribution in [2.75, 3.05) is 26.2 Å². The molecule has 0 bridgehead atoms. The third kappa shape index (κ3) is 3.96. The molecule has 0 aromatic carbocycles. The lowest BCUT2D eigenvalue weighted by Gasteiger charge is -2.19. The van der Waals surface area contributed by atoms with Gasteiger partial charge in [0.1, 0.15) is 0 Å². The van der Waals surface area contributed by atoms with E-state index in [-0.39, 0.29) is 5.91 Å². The number of likely N-dealkylation sites (tertiary alicyclic amines) is 1. The molecule has 4 nitrogen and oxygen atoms in total. The van der Waals surface area contributed by atoms with E-state index in [0.29, 0.717) is 0 Å². The molecule has 2 rings (SSSR count). The van der Waals surface area contributed by atoms with Crippen LogP contribution in [0.5, 0.6) is 0 Å². The maximum atomic E-state index is 11.6. The van der Waals surface area contributed by atoms with Gasteiger partial charge in [-0.05, 0) is 51.7 Å². The number of amides is 1. The number of rotatable bonds is 5. The van der Waals surface area contributed by atoms with Gasteiger partial charge in [-0.15, -0.1) is 0 Å². The molecule has 0 radical (unpaired) electrons. The van der Waals surface area contributed by atoms with E-state index in [4.69, 9.17) is 5.73 Å². The van der Waals surface area contributed by atoms with E-state index in [1.165, 1.54) is 38.8 Å². The van der Waals surface area contributed by atoms with Gasteiger partial charge in [-0.25, -0.2) is 0 Å². The van der Waals surface area contributed by atoms with E-state index >= 15 is 0 Å². The molecule has 2 aliphatic rings. The second-order valence-corrected chi connectivity index (χ2v) is 5.52. The largest absolute Gasteiger partial charge is 0.354 e. The first-order valence-corrected chi connectivity index (χ1v) is 7.00. The summed E-state index contributed by atoms with van der Waals surface area (Å²) in [6.07, 6.45) is 8.17. The van der Waals surface area contributed by atoms with E-state index in [9.17, 15) is 4.79 Å². The van der Waals surface area contributed by atoms with Crippen LogP contribution in [0.15, 0.2) is 0 Å². The number of hydrogen-bond donors (Lipinski definition) is 2. The van der Waals surface area contributed by atoms with E-state index in [1.54, 1.807) is 0 Å². The van der Waals surface area contributed by atoms with Crippen molar-refractivity contribution in [2.24, 2.45) is 5.73 Å². The molecule has 1 saturated carbocycles. The van der Waals surface area contributed by atoms with Crippen LogP contribution < -0.4 is 11.1 Å². The SMILES string of the molecule is NC1(C(=O)NCCCN2CCCCCC2)CC1. The van der Waals surface area contributed by atoms with Gasteiger partial charge in [0.15, 0.2) is 0 Å². The van der Waals surface area contributed by atoms with Crippen LogP contribution in [0.4, 0.5) is 0 Å². The summed E-state index contributed by atoms with van der Waals surface area (Å²) in [6, 6.07) is 0. The van der Waals surface area contributed by atoms with Gasteiger partial charge >= 0.3 is 0 Å². The first-order valence-electron chi connectivity index (χ1n) is 7.00. The Morgan fingerprint density at radius 1 is 1.18 bits per heavy atom. The van der Waals surface area contributed by atoms with Crippen LogP contribution in [-0.2, 0) is 4.79 Å². The Morgan fingerprint density at radius 3 is 2.41 bits per heavy atom. The first-order chi connectivity index (χ1) is 8.21. The number of hydrogen-bond acceptors (Lipinski definition) is 3. The molecule has 1 aliphatic carbocycles. The van der Waals surface area contributed by atoms with Gasteiger partial charge in [0.25, 0.3) is 0 Å². The van der Waals surface area contributed by atoms with E-state index in [1.807, 2.05) is 0 Å². The zero-order chi connectivity index (χ0) is 12.1. The second-order valence-electron chi connectivity index (χ2n) is 5.52. The molecule has 1 aliphatic heterocycles. The molecular weight excluding hydrogens is 214 g/mol. The molecule has 0 aromatic rings. The third-order valence-electron chi connectivity index (χ3n) is 3.88. The number of carbonyl (C=O) groups is 1. The van der Waals surface area contributed by atoms with Crippen LogP contribution in [0, 0.1) is 0 Å². The number of nitrogens with one attached hydrogen (secondary N) is 1. The van der Waals surface area contributed by atoms with Crippen molar-refractivity contribution in [2.45, 2.75) is 50.5 Å². The van der Waals surface area contributed by atoms with Crippen LogP contribution in [-0.4, -0.2) is 42.5 Å². The van der Waals surface area contributed by atoms with Gasteiger partial charge in [-0.2, -0.15) is 0 Å². The van der Waals surface area contributed by atoms with Crippen LogP contribution in [0.1, 0.15) is 44.9 Å². The highest BCUT2D eigenvalue weighted by molar-refractivity contribution is 5.88. The quantitative estimate of drug-likeness (QED) is 0.700. The Morgan fingerprint density at radius 2 is 1.82 bits per heavy atom. The van der Waals surface area contributed by atoms with Gasteiger partial charge in [-0.1, -0.05) is 12.8 Å². The molecule has 17 heavy (non-hydrogen) atoms. The molecule has 1 saturated heterocycles. The Kier molecular flexibility index (Phi) is 4.40. The summed E-state index contributed by atoms with van der Waals surface area (Å²) in [5.74, 6) is 0.0494. The fraction of sp³-hybridized carbons (Fsp3) is 0.923. The summed E-state index contributed by atoms with van der Waals surface area (Å²) in [4.78, 5) is 14.1. The highest BCUT2D eigenvalue weighted by Gasteiger charge is 2.45. The van der Waals surface area contributed by atoms with Crippen molar-refractivity contribution in [3.8, 4) is 0 Å². The molecule has 0 atom stereocenters. The second kappa shape index (κ2) is 5.83. The van der Waals surface area contributed by atoms with Crippen molar-refractivity contribution >= 4 is 5.91 Å². The Labute approximate surface area is 104 Å². The number of carbonyl (C=O) groups excluding carboxylic acids is 1. The molecule has 0 spiro atoms. The maximum absolute atomic E-state index is 11.6. The lowest BCUT2D eigenvalue weighted by molar-refractivity contribution is -0.123. The van der Waals surface area contributed by atoms with Gasteiger partial charge < -0.3 is 16.0 Å². The van der Waals surface area contributed by atoms with Crippen LogP contribution in [0.25, 0.3) is 0 Å². The molecule has 1 amide bonds. The summed E-state index contributed by atoms with van der Waals surface area (Å²) >= 11 is 0. The summed E-state index contributed by atoms with van der Waals surface area (Å²) in [5, 5.41) is 2.95. The maximum Gasteiger partial charge on any atom is 0.240 e. The minimum Gasteiger partial charge on any atom is -0.354 e. The molecule has 3 N–H and O–H groups in total. The smallest absolute Gasteiger partial charge is 0.240 e. The standard InChI is InChI=1S/C13H25N3O/c14-13(6-7-13)12(17)15-8-5-11-16-9-3-1-2-4-10-16/h1-11,14H2,(H,15,17). The predicted octanol–water partition coefficient (Wildman–Crippen LogP) is 0.860. The van der Waals surface area contributed by atoms with Gasteiger partial charge in [-0.3, -0.25) is 4.79 Å². The highest BCUT2D eigenvalue weighted by atomic mass is 16.2. The monoisotopic (exact) mass is 239 g/mol. The minimum atomic E-state index is -0.511. The lowest BCUT2D eigenvalue weighted by Crippen LogP contribution is -2.43. The van der Waals surface area contributed by atoms with Crippen molar-refractivity contribution < 1.29 is 4.79 Å². The van der Waals surface area contributed by atoms with Gasteiger partial charge in [0.2, 0.25) is 5.91 Å². The molecule has 0 unspecified atom stereocenters. The van der Waals surface area contributed by atoms with Crippen molar-refractivity contribution in [3.05, 3.63) is 0 Å². The van der Waals surface area contributed by atoms with Crippen molar-refractivity contribution in [1.82, 2.24) is 10.2 Å². The van der Waals surface area contributed by atoms with Crippen LogP contribution in [0.2, 0.25) is 0 Å². The van der Waals surface area contributed by atoms with Crippen LogP contribution >= 0.6 is 0 Å². The normalized spacial score (nSPS) is 24.1. The summed E-state index contributed by atoms with van der Waals surface area (Å²) in [6.45, 7) is 4.34. The molecule has 2 fully saturated rings. The zero-order valence-corrected chi connectivity index (χ0v) is 10.7. The summed E-state index contributed by atoms with van der Waals surface area (Å²) < 4.78 is 0. The van der Waals surface area contributed by atoms with E-state index in [2.05, 4.69) is 10.2 Å². The topological polar surface area (TPSA) is 58.4 Å². The fourth-order valence-electron chi connectivity index (χ4n) is 2.40. The van der Waals surface area contributed by atoms with Gasteiger partial charge in [0, 0.05) is 6.54 Å². The minimum absolute atomic E-state index is 0.0494. The lowest BCUT2D eigenvalue weighted by atomic mass is 10.2. The molecule has 0 aromatic heterocycles. The molecule has 4 heteroatoms. The fourth-order valence-corrected chi connectivity index (χ4v) is 2.40. The van der Waals surface area contributed by atoms with Crippen molar-refractivity contribution in [3.63, 3.8) is 0 Å². The molecule has 98 valence electrons. The summed E-state index contributed by atoms with van der Waals surface area (Å²) in [7, 11) is 0. The third-order valence-corrected chi connectivity index (χ3v) is 3.88. The average Bonchev–Trinajstić information content (AvgIpc) is 3.09. The predicted molar refractivity (Wildman–Crippen MR) is 68.7 cm³/mol. The average molecular weight is 239 g/mol. The first kappa shape index (κ1) is 12.8. The number of nitrogens with two attached hydrogens (primary N) is 1. The van der Waals surface area contributed by atoms with Crippen LogP contribution in [0.3, 0.4) is 0 Å². The number of nitrogens with zero attached hydrogens (tertiary/aromatic N) is 1.